The van der Waals surface area contributed by atoms with Gasteiger partial charge in [0.25, 0.3) is 0 Å². The number of Topliss-reactive ketones (excluding diaryl/α,β-unsaturated/α-hetero) is 1. The number of fused-ring (bicyclic) bond motifs is 1. The number of benzene rings is 2. The molecule has 2 aliphatic rings. The summed E-state index contributed by atoms with van der Waals surface area (Å²) in [5, 5.41) is 3.34. The fourth-order valence-electron chi connectivity index (χ4n) is 4.24. The Hall–Kier alpha value is -2.20. The highest BCUT2D eigenvalue weighted by Crippen LogP contribution is 2.26. The fraction of sp³-hybridized carbons (Fsp3) is 0.435. The monoisotopic (exact) mass is 366 g/mol. The first-order valence-corrected chi connectivity index (χ1v) is 10.0. The Balaban J connectivity index is 1.22. The van der Waals surface area contributed by atoms with Crippen molar-refractivity contribution in [3.05, 3.63) is 65.0 Å². The summed E-state index contributed by atoms with van der Waals surface area (Å²) in [6.45, 7) is 3.97. The highest BCUT2D eigenvalue weighted by Gasteiger charge is 2.21. The molecular formula is C23H27FN2O. The van der Waals surface area contributed by atoms with E-state index in [1.165, 1.54) is 23.4 Å². The Kier molecular flexibility index (Phi) is 5.53. The Bertz CT molecular complexity index is 795. The number of likely N-dealkylation sites (tertiary alicyclic amines) is 1. The molecule has 3 nitrogen and oxygen atoms in total. The third-order valence-electron chi connectivity index (χ3n) is 5.94. The molecule has 0 radical (unpaired) electrons. The highest BCUT2D eigenvalue weighted by atomic mass is 19.1. The molecule has 0 aliphatic carbocycles. The zero-order valence-corrected chi connectivity index (χ0v) is 15.7. The second kappa shape index (κ2) is 8.22. The number of hydrogen-bond donors (Lipinski definition) is 1. The maximum Gasteiger partial charge on any atom is 0.162 e. The van der Waals surface area contributed by atoms with Crippen LogP contribution >= 0.6 is 0 Å². The summed E-state index contributed by atoms with van der Waals surface area (Å²) in [5.41, 5.74) is 4.48. The third kappa shape index (κ3) is 4.56. The average molecular weight is 366 g/mol. The summed E-state index contributed by atoms with van der Waals surface area (Å²) in [6, 6.07) is 12.9. The van der Waals surface area contributed by atoms with Crippen LogP contribution in [0.2, 0.25) is 0 Å². The van der Waals surface area contributed by atoms with Crippen molar-refractivity contribution in [3.63, 3.8) is 0 Å². The van der Waals surface area contributed by atoms with Gasteiger partial charge >= 0.3 is 0 Å². The van der Waals surface area contributed by atoms with Gasteiger partial charge in [-0.15, -0.1) is 0 Å². The van der Waals surface area contributed by atoms with E-state index in [0.29, 0.717) is 12.3 Å². The number of hydrogen-bond acceptors (Lipinski definition) is 3. The predicted molar refractivity (Wildman–Crippen MR) is 107 cm³/mol. The van der Waals surface area contributed by atoms with E-state index in [1.807, 2.05) is 24.3 Å². The molecule has 0 atom stereocenters. The molecule has 2 aliphatic heterocycles. The van der Waals surface area contributed by atoms with E-state index in [0.717, 1.165) is 63.0 Å². The lowest BCUT2D eigenvalue weighted by Crippen LogP contribution is -2.33. The van der Waals surface area contributed by atoms with E-state index in [9.17, 15) is 9.18 Å². The summed E-state index contributed by atoms with van der Waals surface area (Å²) in [5.74, 6) is 0.731. The largest absolute Gasteiger partial charge is 0.384 e. The number of rotatable bonds is 6. The molecule has 0 bridgehead atoms. The van der Waals surface area contributed by atoms with Crippen molar-refractivity contribution < 1.29 is 9.18 Å². The van der Waals surface area contributed by atoms with E-state index in [2.05, 4.69) is 16.3 Å². The van der Waals surface area contributed by atoms with Gasteiger partial charge < -0.3 is 5.32 Å². The molecule has 27 heavy (non-hydrogen) atoms. The lowest BCUT2D eigenvalue weighted by Gasteiger charge is -2.32. The molecule has 2 heterocycles. The van der Waals surface area contributed by atoms with Gasteiger partial charge in [0.1, 0.15) is 5.82 Å². The maximum absolute atomic E-state index is 13.0. The maximum atomic E-state index is 13.0. The zero-order chi connectivity index (χ0) is 18.6. The molecule has 2 aromatic carbocycles. The number of nitrogens with zero attached hydrogens (tertiary/aromatic N) is 1. The van der Waals surface area contributed by atoms with Crippen molar-refractivity contribution in [3.8, 4) is 0 Å². The number of piperidine rings is 1. The van der Waals surface area contributed by atoms with Crippen LogP contribution in [0.4, 0.5) is 10.1 Å². The van der Waals surface area contributed by atoms with Gasteiger partial charge in [0.05, 0.1) is 0 Å². The summed E-state index contributed by atoms with van der Waals surface area (Å²) in [7, 11) is 0. The normalized spacial score (nSPS) is 17.5. The van der Waals surface area contributed by atoms with Gasteiger partial charge in [-0.2, -0.15) is 0 Å². The van der Waals surface area contributed by atoms with Gasteiger partial charge in [-0.3, -0.25) is 9.69 Å². The minimum Gasteiger partial charge on any atom is -0.384 e. The van der Waals surface area contributed by atoms with Crippen LogP contribution in [0.3, 0.4) is 0 Å². The molecule has 0 aromatic heterocycles. The van der Waals surface area contributed by atoms with Crippen molar-refractivity contribution in [1.29, 1.82) is 0 Å². The standard InChI is InChI=1S/C23H27FN2O/c24-21-5-1-18(2-6-21)16-26-13-10-17(11-14-26)3-8-23(27)20-4-7-22-19(15-20)9-12-25-22/h1-2,4-7,15,17,25H,3,8-14,16H2. The average Bonchev–Trinajstić information content (AvgIpc) is 3.17. The van der Waals surface area contributed by atoms with Gasteiger partial charge in [0.15, 0.2) is 5.78 Å². The smallest absolute Gasteiger partial charge is 0.162 e. The number of halogens is 1. The lowest BCUT2D eigenvalue weighted by atomic mass is 9.90. The SMILES string of the molecule is O=C(CCC1CCN(Cc2ccc(F)cc2)CC1)c1ccc2c(c1)CCN2. The Morgan fingerprint density at radius 2 is 1.89 bits per heavy atom. The van der Waals surface area contributed by atoms with E-state index >= 15 is 0 Å². The molecule has 0 unspecified atom stereocenters. The fourth-order valence-corrected chi connectivity index (χ4v) is 4.24. The van der Waals surface area contributed by atoms with Crippen LogP contribution < -0.4 is 5.32 Å². The summed E-state index contributed by atoms with van der Waals surface area (Å²) in [4.78, 5) is 15.0. The summed E-state index contributed by atoms with van der Waals surface area (Å²) >= 11 is 0. The molecule has 0 saturated carbocycles. The zero-order valence-electron chi connectivity index (χ0n) is 15.7. The second-order valence-corrected chi connectivity index (χ2v) is 7.86. The van der Waals surface area contributed by atoms with Crippen molar-refractivity contribution in [2.75, 3.05) is 25.0 Å². The Morgan fingerprint density at radius 1 is 1.11 bits per heavy atom. The van der Waals surface area contributed by atoms with Crippen LogP contribution in [0.1, 0.15) is 47.2 Å². The first-order valence-electron chi connectivity index (χ1n) is 10.0. The van der Waals surface area contributed by atoms with Gasteiger partial charge in [-0.1, -0.05) is 12.1 Å². The van der Waals surface area contributed by atoms with Gasteiger partial charge in [0.2, 0.25) is 0 Å². The molecule has 2 aromatic rings. The topological polar surface area (TPSA) is 32.3 Å². The molecular weight excluding hydrogens is 339 g/mol. The lowest BCUT2D eigenvalue weighted by molar-refractivity contribution is 0.0961. The van der Waals surface area contributed by atoms with Crippen molar-refractivity contribution >= 4 is 11.5 Å². The van der Waals surface area contributed by atoms with E-state index in [4.69, 9.17) is 0 Å². The first-order chi connectivity index (χ1) is 13.2. The number of carbonyl (C=O) groups excluding carboxylic acids is 1. The van der Waals surface area contributed by atoms with Crippen LogP contribution in [0, 0.1) is 11.7 Å². The van der Waals surface area contributed by atoms with E-state index in [-0.39, 0.29) is 11.6 Å². The molecule has 0 amide bonds. The van der Waals surface area contributed by atoms with Gasteiger partial charge in [-0.05, 0) is 86.1 Å². The Labute approximate surface area is 160 Å². The molecule has 1 N–H and O–H groups in total. The molecule has 4 rings (SSSR count). The molecule has 1 fully saturated rings. The molecule has 142 valence electrons. The van der Waals surface area contributed by atoms with Crippen LogP contribution in [-0.4, -0.2) is 30.3 Å². The number of nitrogens with one attached hydrogen (secondary N) is 1. The van der Waals surface area contributed by atoms with Gasteiger partial charge in [0, 0.05) is 30.8 Å². The predicted octanol–water partition coefficient (Wildman–Crippen LogP) is 4.67. The van der Waals surface area contributed by atoms with Crippen molar-refractivity contribution in [2.24, 2.45) is 5.92 Å². The minimum atomic E-state index is -0.179. The molecule has 0 spiro atoms. The third-order valence-corrected chi connectivity index (χ3v) is 5.94. The first kappa shape index (κ1) is 18.2. The van der Waals surface area contributed by atoms with Gasteiger partial charge in [-0.25, -0.2) is 4.39 Å². The van der Waals surface area contributed by atoms with Crippen LogP contribution in [-0.2, 0) is 13.0 Å². The number of ketones is 1. The van der Waals surface area contributed by atoms with E-state index < -0.39 is 0 Å². The number of carbonyl (C=O) groups is 1. The summed E-state index contributed by atoms with van der Waals surface area (Å²) < 4.78 is 13.0. The van der Waals surface area contributed by atoms with Crippen LogP contribution in [0.15, 0.2) is 42.5 Å². The molecule has 1 saturated heterocycles. The minimum absolute atomic E-state index is 0.179. The van der Waals surface area contributed by atoms with Crippen LogP contribution in [0.25, 0.3) is 0 Å². The Morgan fingerprint density at radius 3 is 2.67 bits per heavy atom. The van der Waals surface area contributed by atoms with Crippen molar-refractivity contribution in [2.45, 2.75) is 38.6 Å². The number of anilines is 1. The van der Waals surface area contributed by atoms with Crippen molar-refractivity contribution in [1.82, 2.24) is 4.90 Å². The van der Waals surface area contributed by atoms with E-state index in [1.54, 1.807) is 0 Å². The summed E-state index contributed by atoms with van der Waals surface area (Å²) in [6.07, 6.45) is 4.93. The van der Waals surface area contributed by atoms with Crippen LogP contribution in [0.5, 0.6) is 0 Å². The quantitative estimate of drug-likeness (QED) is 0.754. The second-order valence-electron chi connectivity index (χ2n) is 7.86. The highest BCUT2D eigenvalue weighted by molar-refractivity contribution is 5.96. The molecule has 4 heteroatoms.